The molecular weight excluding hydrogens is 484 g/mol. The summed E-state index contributed by atoms with van der Waals surface area (Å²) in [5.74, 6) is -1.66. The van der Waals surface area contributed by atoms with Gasteiger partial charge < -0.3 is 36.6 Å². The smallest absolute Gasteiger partial charge is 0.353 e. The van der Waals surface area contributed by atoms with Gasteiger partial charge in [0.05, 0.1) is 18.0 Å². The van der Waals surface area contributed by atoms with E-state index in [4.69, 9.17) is 5.73 Å². The lowest BCUT2D eigenvalue weighted by Crippen LogP contribution is -2.66. The monoisotopic (exact) mass is 520 g/mol. The van der Waals surface area contributed by atoms with Gasteiger partial charge in [0.2, 0.25) is 17.7 Å². The predicted octanol–water partition coefficient (Wildman–Crippen LogP) is -1.10. The van der Waals surface area contributed by atoms with E-state index in [1.807, 2.05) is 18.7 Å². The standard InChI is InChI=1S/C24H36N6O5S/c1-11-19-18(12(2)28-17(31)5-13-7-26-8-13)23(33)30(19)20(24(34)35)21(11)36-15-6-16(27-9-15)22(32)29-4-3-14(25)10-29/h11-16,18-19,26-27H,3-10,25H2,1-2H3,(H,28,31)(H,34,35)/t11-,12?,14-,15+,16+,18-,19-/m1/s1. The highest BCUT2D eigenvalue weighted by Crippen LogP contribution is 2.51. The van der Waals surface area contributed by atoms with E-state index in [1.165, 1.54) is 16.7 Å². The topological polar surface area (TPSA) is 157 Å². The van der Waals surface area contributed by atoms with Gasteiger partial charge in [0.25, 0.3) is 0 Å². The third-order valence-corrected chi connectivity index (χ3v) is 9.79. The zero-order valence-electron chi connectivity index (χ0n) is 20.7. The fourth-order valence-corrected chi connectivity index (χ4v) is 7.70. The summed E-state index contributed by atoms with van der Waals surface area (Å²) in [6.07, 6.45) is 1.84. The summed E-state index contributed by atoms with van der Waals surface area (Å²) >= 11 is 1.47. The third kappa shape index (κ3) is 4.52. The number of fused-ring (bicyclic) bond motifs is 1. The zero-order valence-corrected chi connectivity index (χ0v) is 21.6. The number of nitrogens with two attached hydrogens (primary N) is 1. The molecule has 6 N–H and O–H groups in total. The van der Waals surface area contributed by atoms with Gasteiger partial charge in [-0.15, -0.1) is 11.8 Å². The summed E-state index contributed by atoms with van der Waals surface area (Å²) in [5, 5.41) is 19.4. The minimum absolute atomic E-state index is 0.0283. The van der Waals surface area contributed by atoms with E-state index in [0.29, 0.717) is 43.3 Å². The lowest BCUT2D eigenvalue weighted by atomic mass is 9.78. The minimum atomic E-state index is -1.11. The molecule has 0 spiro atoms. The molecule has 1 unspecified atom stereocenters. The number of carbonyl (C=O) groups excluding carboxylic acids is 3. The van der Waals surface area contributed by atoms with Crippen LogP contribution in [0.4, 0.5) is 0 Å². The van der Waals surface area contributed by atoms with E-state index in [0.717, 1.165) is 19.5 Å². The summed E-state index contributed by atoms with van der Waals surface area (Å²) < 4.78 is 0. The zero-order chi connectivity index (χ0) is 25.7. The van der Waals surface area contributed by atoms with Crippen molar-refractivity contribution in [2.75, 3.05) is 32.7 Å². The third-order valence-electron chi connectivity index (χ3n) is 8.28. The second-order valence-electron chi connectivity index (χ2n) is 10.9. The maximum absolute atomic E-state index is 13.1. The van der Waals surface area contributed by atoms with Crippen molar-refractivity contribution in [2.45, 2.75) is 62.5 Å². The molecule has 198 valence electrons. The largest absolute Gasteiger partial charge is 0.477 e. The highest BCUT2D eigenvalue weighted by molar-refractivity contribution is 8.03. The van der Waals surface area contributed by atoms with Crippen LogP contribution >= 0.6 is 11.8 Å². The first kappa shape index (κ1) is 25.5. The number of likely N-dealkylation sites (tertiary alicyclic amines) is 1. The molecule has 5 aliphatic rings. The molecule has 0 aromatic carbocycles. The van der Waals surface area contributed by atoms with E-state index in [2.05, 4.69) is 16.0 Å². The SMILES string of the molecule is CC(NC(=O)CC1CNC1)[C@H]1C(=O)N2C(C(=O)O)=C(S[C@@H]3CN[C@H](C(=O)N4CC[C@@H](N)C4)C3)[C@H](C)[C@H]12. The van der Waals surface area contributed by atoms with Crippen LogP contribution in [-0.4, -0.2) is 101 Å². The number of hydrogen-bond acceptors (Lipinski definition) is 8. The van der Waals surface area contributed by atoms with Crippen molar-refractivity contribution in [3.8, 4) is 0 Å². The molecule has 7 atom stereocenters. The lowest BCUT2D eigenvalue weighted by molar-refractivity contribution is -0.158. The summed E-state index contributed by atoms with van der Waals surface area (Å²) in [5.41, 5.74) is 6.00. The quantitative estimate of drug-likeness (QED) is 0.251. The summed E-state index contributed by atoms with van der Waals surface area (Å²) in [6, 6.07) is -0.931. The van der Waals surface area contributed by atoms with Crippen LogP contribution in [0.2, 0.25) is 0 Å². The number of aliphatic carboxylic acids is 1. The fourth-order valence-electron chi connectivity index (χ4n) is 6.22. The molecule has 36 heavy (non-hydrogen) atoms. The van der Waals surface area contributed by atoms with Crippen LogP contribution in [0.1, 0.15) is 33.1 Å². The van der Waals surface area contributed by atoms with Gasteiger partial charge in [-0.1, -0.05) is 6.92 Å². The molecule has 0 saturated carbocycles. The van der Waals surface area contributed by atoms with Gasteiger partial charge in [0.15, 0.2) is 0 Å². The van der Waals surface area contributed by atoms with E-state index in [1.54, 1.807) is 0 Å². The number of carbonyl (C=O) groups is 4. The second kappa shape index (κ2) is 9.96. The highest BCUT2D eigenvalue weighted by Gasteiger charge is 2.60. The molecule has 4 saturated heterocycles. The van der Waals surface area contributed by atoms with Gasteiger partial charge in [0, 0.05) is 54.2 Å². The van der Waals surface area contributed by atoms with Crippen molar-refractivity contribution in [1.29, 1.82) is 0 Å². The number of β-lactam (4-membered cyclic amide) rings is 1. The van der Waals surface area contributed by atoms with Crippen LogP contribution in [0.5, 0.6) is 0 Å². The Morgan fingerprint density at radius 1 is 1.28 bits per heavy atom. The van der Waals surface area contributed by atoms with E-state index < -0.39 is 11.9 Å². The van der Waals surface area contributed by atoms with Gasteiger partial charge >= 0.3 is 5.97 Å². The molecule has 5 heterocycles. The first-order valence-electron chi connectivity index (χ1n) is 12.9. The number of rotatable bonds is 8. The summed E-state index contributed by atoms with van der Waals surface area (Å²) in [6.45, 7) is 7.29. The number of carboxylic acid groups (broad SMARTS) is 1. The van der Waals surface area contributed by atoms with Gasteiger partial charge in [0.1, 0.15) is 5.70 Å². The van der Waals surface area contributed by atoms with Gasteiger partial charge in [-0.3, -0.25) is 14.4 Å². The Hall–Kier alpha value is -2.15. The molecule has 0 aromatic heterocycles. The van der Waals surface area contributed by atoms with Crippen molar-refractivity contribution in [3.05, 3.63) is 10.6 Å². The van der Waals surface area contributed by atoms with Crippen LogP contribution < -0.4 is 21.7 Å². The number of amides is 3. The molecule has 12 heteroatoms. The Morgan fingerprint density at radius 2 is 2.03 bits per heavy atom. The van der Waals surface area contributed by atoms with Crippen LogP contribution in [-0.2, 0) is 19.2 Å². The first-order chi connectivity index (χ1) is 17.2. The van der Waals surface area contributed by atoms with Crippen molar-refractivity contribution in [3.63, 3.8) is 0 Å². The van der Waals surface area contributed by atoms with E-state index in [9.17, 15) is 24.3 Å². The molecule has 5 rings (SSSR count). The van der Waals surface area contributed by atoms with Crippen molar-refractivity contribution < 1.29 is 24.3 Å². The lowest BCUT2D eigenvalue weighted by Gasteiger charge is -2.47. The fraction of sp³-hybridized carbons (Fsp3) is 0.750. The maximum Gasteiger partial charge on any atom is 0.353 e. The predicted molar refractivity (Wildman–Crippen MR) is 133 cm³/mol. The first-order valence-corrected chi connectivity index (χ1v) is 13.8. The minimum Gasteiger partial charge on any atom is -0.477 e. The summed E-state index contributed by atoms with van der Waals surface area (Å²) in [7, 11) is 0. The molecule has 4 fully saturated rings. The van der Waals surface area contributed by atoms with Crippen molar-refractivity contribution in [2.24, 2.45) is 23.5 Å². The Morgan fingerprint density at radius 3 is 2.64 bits per heavy atom. The second-order valence-corrected chi connectivity index (χ2v) is 12.2. The van der Waals surface area contributed by atoms with Crippen molar-refractivity contribution in [1.82, 2.24) is 25.8 Å². The molecule has 0 bridgehead atoms. The van der Waals surface area contributed by atoms with Crippen molar-refractivity contribution >= 4 is 35.5 Å². The number of thioether (sulfide) groups is 1. The summed E-state index contributed by atoms with van der Waals surface area (Å²) in [4.78, 5) is 54.5. The molecule has 5 aliphatic heterocycles. The molecule has 11 nitrogen and oxygen atoms in total. The molecule has 0 radical (unpaired) electrons. The van der Waals surface area contributed by atoms with E-state index in [-0.39, 0.29) is 58.8 Å². The average molecular weight is 521 g/mol. The molecule has 0 aliphatic carbocycles. The van der Waals surface area contributed by atoms with E-state index >= 15 is 0 Å². The van der Waals surface area contributed by atoms with Gasteiger partial charge in [-0.2, -0.15) is 0 Å². The van der Waals surface area contributed by atoms with Gasteiger partial charge in [-0.25, -0.2) is 4.79 Å². The number of carboxylic acids is 1. The average Bonchev–Trinajstić information content (AvgIpc) is 3.49. The number of hydrogen-bond donors (Lipinski definition) is 5. The molecular formula is C24H36N6O5S. The van der Waals surface area contributed by atoms with Crippen LogP contribution in [0.15, 0.2) is 10.6 Å². The number of nitrogens with zero attached hydrogens (tertiary/aromatic N) is 2. The Balaban J connectivity index is 1.23. The maximum atomic E-state index is 13.1. The highest BCUT2D eigenvalue weighted by atomic mass is 32.2. The normalized spacial score (nSPS) is 34.9. The van der Waals surface area contributed by atoms with Crippen LogP contribution in [0.3, 0.4) is 0 Å². The van der Waals surface area contributed by atoms with Crippen LogP contribution in [0.25, 0.3) is 0 Å². The number of nitrogens with one attached hydrogen (secondary N) is 3. The molecule has 3 amide bonds. The van der Waals surface area contributed by atoms with Crippen LogP contribution in [0, 0.1) is 17.8 Å². The Labute approximate surface area is 214 Å². The Bertz CT molecular complexity index is 986. The van der Waals surface area contributed by atoms with Gasteiger partial charge in [-0.05, 0) is 38.8 Å². The Kier molecular flexibility index (Phi) is 7.05. The molecule has 0 aromatic rings.